The Hall–Kier alpha value is -1.16. The third kappa shape index (κ3) is 2.21. The highest BCUT2D eigenvalue weighted by Crippen LogP contribution is 2.30. The van der Waals surface area contributed by atoms with Gasteiger partial charge in [-0.3, -0.25) is 0 Å². The molecule has 2 saturated heterocycles. The first-order chi connectivity index (χ1) is 8.61. The first kappa shape index (κ1) is 11.9. The van der Waals surface area contributed by atoms with Gasteiger partial charge in [0.1, 0.15) is 0 Å². The summed E-state index contributed by atoms with van der Waals surface area (Å²) in [5, 5.41) is 3.68. The molecule has 0 radical (unpaired) electrons. The topological polar surface area (TPSA) is 41.1 Å². The van der Waals surface area contributed by atoms with Crippen LogP contribution in [0.1, 0.15) is 37.1 Å². The molecule has 4 heteroatoms. The second kappa shape index (κ2) is 4.50. The van der Waals surface area contributed by atoms with Gasteiger partial charge in [0.05, 0.1) is 0 Å². The molecule has 4 nitrogen and oxygen atoms in total. The largest absolute Gasteiger partial charge is 0.341 e. The van der Waals surface area contributed by atoms with Crippen LogP contribution in [0.15, 0.2) is 6.07 Å². The van der Waals surface area contributed by atoms with Crippen LogP contribution in [0.5, 0.6) is 0 Å². The molecule has 2 unspecified atom stereocenters. The van der Waals surface area contributed by atoms with E-state index in [4.69, 9.17) is 0 Å². The second-order valence-corrected chi connectivity index (χ2v) is 5.82. The number of aromatic nitrogens is 2. The van der Waals surface area contributed by atoms with E-state index in [0.29, 0.717) is 18.1 Å². The Labute approximate surface area is 109 Å². The maximum atomic E-state index is 4.57. The van der Waals surface area contributed by atoms with Crippen LogP contribution in [0.3, 0.4) is 0 Å². The SMILES string of the molecule is Cc1cc(C)nc(N(C)C2CC3CCC(C2)N3)n1. The molecule has 1 aromatic heterocycles. The fourth-order valence-corrected chi connectivity index (χ4v) is 3.37. The number of aryl methyl sites for hydroxylation is 2. The molecule has 2 aliphatic rings. The van der Waals surface area contributed by atoms with Gasteiger partial charge in [-0.1, -0.05) is 0 Å². The highest BCUT2D eigenvalue weighted by Gasteiger charge is 2.35. The molecule has 0 saturated carbocycles. The Morgan fingerprint density at radius 3 is 2.22 bits per heavy atom. The van der Waals surface area contributed by atoms with E-state index in [-0.39, 0.29) is 0 Å². The van der Waals surface area contributed by atoms with Crippen molar-refractivity contribution in [2.24, 2.45) is 0 Å². The molecule has 2 atom stereocenters. The lowest BCUT2D eigenvalue weighted by Gasteiger charge is -2.35. The van der Waals surface area contributed by atoms with Crippen molar-refractivity contribution in [3.63, 3.8) is 0 Å². The summed E-state index contributed by atoms with van der Waals surface area (Å²) < 4.78 is 0. The average Bonchev–Trinajstić information content (AvgIpc) is 2.66. The van der Waals surface area contributed by atoms with Crippen LogP contribution >= 0.6 is 0 Å². The van der Waals surface area contributed by atoms with Crippen LogP contribution in [0.4, 0.5) is 5.95 Å². The van der Waals surface area contributed by atoms with Crippen LogP contribution < -0.4 is 10.2 Å². The van der Waals surface area contributed by atoms with Gasteiger partial charge in [0, 0.05) is 36.6 Å². The zero-order valence-electron chi connectivity index (χ0n) is 11.5. The molecular formula is C14H22N4. The fraction of sp³-hybridized carbons (Fsp3) is 0.714. The number of nitrogens with zero attached hydrogens (tertiary/aromatic N) is 3. The third-order valence-corrected chi connectivity index (χ3v) is 4.28. The molecule has 3 rings (SSSR count). The molecule has 1 N–H and O–H groups in total. The van der Waals surface area contributed by atoms with E-state index in [1.165, 1.54) is 25.7 Å². The number of rotatable bonds is 2. The highest BCUT2D eigenvalue weighted by molar-refractivity contribution is 5.33. The van der Waals surface area contributed by atoms with E-state index in [1.54, 1.807) is 0 Å². The molecule has 0 spiro atoms. The zero-order chi connectivity index (χ0) is 12.7. The predicted molar refractivity (Wildman–Crippen MR) is 72.9 cm³/mol. The number of hydrogen-bond donors (Lipinski definition) is 1. The molecule has 18 heavy (non-hydrogen) atoms. The summed E-state index contributed by atoms with van der Waals surface area (Å²) in [6, 6.07) is 4.04. The Balaban J connectivity index is 1.79. The van der Waals surface area contributed by atoms with Crippen molar-refractivity contribution >= 4 is 5.95 Å². The van der Waals surface area contributed by atoms with Gasteiger partial charge >= 0.3 is 0 Å². The quantitative estimate of drug-likeness (QED) is 0.864. The van der Waals surface area contributed by atoms with E-state index in [2.05, 4.69) is 27.2 Å². The molecule has 2 bridgehead atoms. The number of piperidine rings is 1. The summed E-state index contributed by atoms with van der Waals surface area (Å²) >= 11 is 0. The van der Waals surface area contributed by atoms with Crippen molar-refractivity contribution in [3.8, 4) is 0 Å². The lowest BCUT2D eigenvalue weighted by atomic mass is 9.99. The summed E-state index contributed by atoms with van der Waals surface area (Å²) in [5.41, 5.74) is 2.11. The fourth-order valence-electron chi connectivity index (χ4n) is 3.37. The van der Waals surface area contributed by atoms with Crippen LogP contribution in [0, 0.1) is 13.8 Å². The third-order valence-electron chi connectivity index (χ3n) is 4.28. The van der Waals surface area contributed by atoms with Gasteiger partial charge in [-0.2, -0.15) is 0 Å². The van der Waals surface area contributed by atoms with Crippen LogP contribution in [0.25, 0.3) is 0 Å². The monoisotopic (exact) mass is 246 g/mol. The van der Waals surface area contributed by atoms with E-state index >= 15 is 0 Å². The number of hydrogen-bond acceptors (Lipinski definition) is 4. The molecule has 2 aliphatic heterocycles. The lowest BCUT2D eigenvalue weighted by Crippen LogP contribution is -2.47. The molecule has 0 amide bonds. The minimum atomic E-state index is 0.588. The van der Waals surface area contributed by atoms with Crippen molar-refractivity contribution < 1.29 is 0 Å². The molecule has 0 aliphatic carbocycles. The number of nitrogens with one attached hydrogen (secondary N) is 1. The molecular weight excluding hydrogens is 224 g/mol. The standard InChI is InChI=1S/C14H22N4/c1-9-6-10(2)16-14(15-9)18(3)13-7-11-4-5-12(8-13)17-11/h6,11-13,17H,4-5,7-8H2,1-3H3. The van der Waals surface area contributed by atoms with Crippen molar-refractivity contribution in [2.75, 3.05) is 11.9 Å². The first-order valence-electron chi connectivity index (χ1n) is 6.93. The normalized spacial score (nSPS) is 30.5. The molecule has 3 heterocycles. The first-order valence-corrected chi connectivity index (χ1v) is 6.93. The number of anilines is 1. The molecule has 2 fully saturated rings. The van der Waals surface area contributed by atoms with Gasteiger partial charge in [-0.05, 0) is 45.6 Å². The minimum Gasteiger partial charge on any atom is -0.341 e. The highest BCUT2D eigenvalue weighted by atomic mass is 15.3. The van der Waals surface area contributed by atoms with E-state index in [1.807, 2.05) is 19.9 Å². The van der Waals surface area contributed by atoms with Crippen LogP contribution in [-0.4, -0.2) is 35.1 Å². The van der Waals surface area contributed by atoms with Gasteiger partial charge in [-0.15, -0.1) is 0 Å². The van der Waals surface area contributed by atoms with Gasteiger partial charge in [-0.25, -0.2) is 9.97 Å². The summed E-state index contributed by atoms with van der Waals surface area (Å²) in [6.45, 7) is 4.08. The maximum Gasteiger partial charge on any atom is 0.225 e. The second-order valence-electron chi connectivity index (χ2n) is 5.82. The van der Waals surface area contributed by atoms with Crippen LogP contribution in [-0.2, 0) is 0 Å². The predicted octanol–water partition coefficient (Wildman–Crippen LogP) is 1.81. The van der Waals surface area contributed by atoms with Gasteiger partial charge < -0.3 is 10.2 Å². The Kier molecular flexibility index (Phi) is 2.98. The molecule has 98 valence electrons. The van der Waals surface area contributed by atoms with E-state index in [9.17, 15) is 0 Å². The van der Waals surface area contributed by atoms with Gasteiger partial charge in [0.15, 0.2) is 0 Å². The van der Waals surface area contributed by atoms with Crippen molar-refractivity contribution in [3.05, 3.63) is 17.5 Å². The van der Waals surface area contributed by atoms with Crippen molar-refractivity contribution in [1.29, 1.82) is 0 Å². The van der Waals surface area contributed by atoms with Crippen molar-refractivity contribution in [1.82, 2.24) is 15.3 Å². The smallest absolute Gasteiger partial charge is 0.225 e. The van der Waals surface area contributed by atoms with E-state index < -0.39 is 0 Å². The summed E-state index contributed by atoms with van der Waals surface area (Å²) in [7, 11) is 2.14. The summed E-state index contributed by atoms with van der Waals surface area (Å²) in [5.74, 6) is 0.888. The molecule has 0 aromatic carbocycles. The Morgan fingerprint density at radius 1 is 1.11 bits per heavy atom. The minimum absolute atomic E-state index is 0.588. The van der Waals surface area contributed by atoms with Crippen LogP contribution in [0.2, 0.25) is 0 Å². The van der Waals surface area contributed by atoms with Gasteiger partial charge in [0.25, 0.3) is 0 Å². The summed E-state index contributed by atoms with van der Waals surface area (Å²) in [6.07, 6.45) is 5.12. The van der Waals surface area contributed by atoms with Crippen molar-refractivity contribution in [2.45, 2.75) is 57.7 Å². The number of fused-ring (bicyclic) bond motifs is 2. The lowest BCUT2D eigenvalue weighted by molar-refractivity contribution is 0.352. The summed E-state index contributed by atoms with van der Waals surface area (Å²) in [4.78, 5) is 11.4. The Morgan fingerprint density at radius 2 is 1.67 bits per heavy atom. The zero-order valence-corrected chi connectivity index (χ0v) is 11.5. The maximum absolute atomic E-state index is 4.57. The molecule has 1 aromatic rings. The Bertz CT molecular complexity index is 413. The average molecular weight is 246 g/mol. The van der Waals surface area contributed by atoms with Gasteiger partial charge in [0.2, 0.25) is 5.95 Å². The van der Waals surface area contributed by atoms with E-state index in [0.717, 1.165) is 17.3 Å².